The Kier molecular flexibility index (Phi) is 2.92. The lowest BCUT2D eigenvalue weighted by molar-refractivity contribution is -0.133. The Morgan fingerprint density at radius 3 is 3.06 bits per heavy atom. The second-order valence-electron chi connectivity index (χ2n) is 4.74. The van der Waals surface area contributed by atoms with Crippen molar-refractivity contribution in [3.63, 3.8) is 0 Å². The molecule has 2 fully saturated rings. The molecule has 3 atom stereocenters. The summed E-state index contributed by atoms with van der Waals surface area (Å²) in [5, 5.41) is 1.40. The number of fused-ring (bicyclic) bond motifs is 2. The monoisotopic (exact) mass is 256 g/mol. The van der Waals surface area contributed by atoms with Crippen LogP contribution in [0.2, 0.25) is 0 Å². The van der Waals surface area contributed by atoms with Gasteiger partial charge < -0.3 is 0 Å². The van der Waals surface area contributed by atoms with Gasteiger partial charge in [-0.15, -0.1) is 0 Å². The quantitative estimate of drug-likeness (QED) is 0.726. The van der Waals surface area contributed by atoms with Crippen LogP contribution in [0.25, 0.3) is 0 Å². The number of thiol groups is 1. The summed E-state index contributed by atoms with van der Waals surface area (Å²) in [7, 11) is 0. The Hall–Kier alpha value is -0.160. The third kappa shape index (κ3) is 1.68. The number of thioether (sulfide) groups is 1. The zero-order valence-corrected chi connectivity index (χ0v) is 10.8. The highest BCUT2D eigenvalue weighted by atomic mass is 32.2. The second kappa shape index (κ2) is 4.26. The molecule has 0 N–H and O–H groups in total. The number of amides is 1. The number of hydrogen-bond donors (Lipinski definition) is 1. The molecule has 1 saturated carbocycles. The van der Waals surface area contributed by atoms with Crippen LogP contribution in [0.1, 0.15) is 25.7 Å². The van der Waals surface area contributed by atoms with Crippen molar-refractivity contribution in [3.05, 3.63) is 0 Å². The van der Waals surface area contributed by atoms with Gasteiger partial charge in [-0.3, -0.25) is 14.7 Å². The summed E-state index contributed by atoms with van der Waals surface area (Å²) in [6, 6.07) is 0.277. The van der Waals surface area contributed by atoms with Gasteiger partial charge in [-0.25, -0.2) is 0 Å². The van der Waals surface area contributed by atoms with Gasteiger partial charge in [-0.1, -0.05) is 24.6 Å². The summed E-state index contributed by atoms with van der Waals surface area (Å²) in [6.07, 6.45) is 4.55. The minimum absolute atomic E-state index is 0.178. The molecule has 3 rings (SSSR count). The highest BCUT2D eigenvalue weighted by Gasteiger charge is 2.43. The van der Waals surface area contributed by atoms with Gasteiger partial charge in [-0.05, 0) is 12.8 Å². The van der Waals surface area contributed by atoms with E-state index in [1.165, 1.54) is 12.8 Å². The van der Waals surface area contributed by atoms with Crippen LogP contribution in [0.5, 0.6) is 0 Å². The van der Waals surface area contributed by atoms with Crippen molar-refractivity contribution < 1.29 is 4.79 Å². The van der Waals surface area contributed by atoms with E-state index in [2.05, 4.69) is 12.6 Å². The van der Waals surface area contributed by atoms with Crippen LogP contribution in [-0.4, -0.2) is 39.6 Å². The van der Waals surface area contributed by atoms with Gasteiger partial charge in [0.05, 0.1) is 12.0 Å². The molecule has 0 aromatic heterocycles. The Bertz CT molecular complexity index is 345. The molecule has 2 heterocycles. The van der Waals surface area contributed by atoms with Crippen molar-refractivity contribution in [2.45, 2.75) is 37.0 Å². The van der Waals surface area contributed by atoms with Crippen LogP contribution in [-0.2, 0) is 4.79 Å². The van der Waals surface area contributed by atoms with Crippen molar-refractivity contribution in [2.75, 3.05) is 12.3 Å². The first-order valence-electron chi connectivity index (χ1n) is 5.96. The molecule has 3 nitrogen and oxygen atoms in total. The van der Waals surface area contributed by atoms with Crippen LogP contribution in [0, 0.1) is 5.92 Å². The molecule has 0 spiro atoms. The van der Waals surface area contributed by atoms with Gasteiger partial charge in [0.15, 0.2) is 5.17 Å². The first-order chi connectivity index (χ1) is 7.79. The van der Waals surface area contributed by atoms with E-state index in [1.54, 1.807) is 11.8 Å². The number of aliphatic imine (C=N–C) groups is 1. The Morgan fingerprint density at radius 2 is 2.25 bits per heavy atom. The molecular weight excluding hydrogens is 240 g/mol. The number of hydrogen-bond acceptors (Lipinski definition) is 4. The van der Waals surface area contributed by atoms with Crippen LogP contribution >= 0.6 is 24.4 Å². The fourth-order valence-corrected chi connectivity index (χ4v) is 4.23. The van der Waals surface area contributed by atoms with Crippen molar-refractivity contribution in [3.8, 4) is 0 Å². The highest BCUT2D eigenvalue weighted by molar-refractivity contribution is 8.15. The molecule has 1 amide bonds. The molecule has 0 aromatic rings. The van der Waals surface area contributed by atoms with Gasteiger partial charge in [0, 0.05) is 17.5 Å². The number of amidine groups is 1. The van der Waals surface area contributed by atoms with Gasteiger partial charge in [0.2, 0.25) is 5.91 Å². The van der Waals surface area contributed by atoms with Gasteiger partial charge in [0.25, 0.3) is 0 Å². The maximum absolute atomic E-state index is 12.3. The van der Waals surface area contributed by atoms with E-state index in [9.17, 15) is 4.79 Å². The lowest BCUT2D eigenvalue weighted by atomic mass is 9.83. The van der Waals surface area contributed by atoms with Crippen LogP contribution in [0.4, 0.5) is 0 Å². The van der Waals surface area contributed by atoms with Gasteiger partial charge >= 0.3 is 0 Å². The van der Waals surface area contributed by atoms with E-state index in [1.807, 2.05) is 4.90 Å². The molecule has 16 heavy (non-hydrogen) atoms. The number of nitrogens with zero attached hydrogens (tertiary/aromatic N) is 2. The van der Waals surface area contributed by atoms with Crippen LogP contribution in [0.3, 0.4) is 0 Å². The molecule has 0 radical (unpaired) electrons. The maximum atomic E-state index is 12.3. The molecule has 1 unspecified atom stereocenters. The van der Waals surface area contributed by atoms with E-state index in [4.69, 9.17) is 4.99 Å². The predicted molar refractivity (Wildman–Crippen MR) is 70.1 cm³/mol. The van der Waals surface area contributed by atoms with E-state index < -0.39 is 0 Å². The largest absolute Gasteiger partial charge is 0.290 e. The van der Waals surface area contributed by atoms with E-state index >= 15 is 0 Å². The highest BCUT2D eigenvalue weighted by Crippen LogP contribution is 2.38. The molecule has 1 aliphatic carbocycles. The predicted octanol–water partition coefficient (Wildman–Crippen LogP) is 1.79. The number of rotatable bonds is 1. The summed E-state index contributed by atoms with van der Waals surface area (Å²) in [5.74, 6) is 1.33. The first-order valence-corrected chi connectivity index (χ1v) is 7.47. The van der Waals surface area contributed by atoms with Crippen molar-refractivity contribution in [1.82, 2.24) is 4.90 Å². The third-order valence-corrected chi connectivity index (χ3v) is 5.56. The fraction of sp³-hybridized carbons (Fsp3) is 0.818. The molecule has 2 aliphatic heterocycles. The lowest BCUT2D eigenvalue weighted by Crippen LogP contribution is -2.47. The standard InChI is InChI=1S/C11H16N2OS2/c14-10-8-3-1-2-4-9(8)12-11-13(10)5-7(6-15)16-11/h7-9,15H,1-6H2/t7-,8+,9?/m1/s1. The topological polar surface area (TPSA) is 32.7 Å². The average molecular weight is 256 g/mol. The SMILES string of the molecule is O=C1[C@H]2CCCCC2N=C2S[C@@H](CS)CN12. The van der Waals surface area contributed by atoms with E-state index in [-0.39, 0.29) is 12.0 Å². The summed E-state index contributed by atoms with van der Waals surface area (Å²) >= 11 is 6.05. The summed E-state index contributed by atoms with van der Waals surface area (Å²) in [6.45, 7) is 0.815. The van der Waals surface area contributed by atoms with Gasteiger partial charge in [-0.2, -0.15) is 12.6 Å². The zero-order valence-electron chi connectivity index (χ0n) is 9.13. The van der Waals surface area contributed by atoms with E-state index in [0.717, 1.165) is 30.3 Å². The molecule has 3 aliphatic rings. The van der Waals surface area contributed by atoms with E-state index in [0.29, 0.717) is 11.2 Å². The number of carbonyl (C=O) groups is 1. The summed E-state index contributed by atoms with van der Waals surface area (Å²) < 4.78 is 0. The normalized spacial score (nSPS) is 38.1. The minimum Gasteiger partial charge on any atom is -0.290 e. The van der Waals surface area contributed by atoms with Crippen LogP contribution in [0.15, 0.2) is 4.99 Å². The molecule has 88 valence electrons. The maximum Gasteiger partial charge on any atom is 0.233 e. The Balaban J connectivity index is 1.86. The first kappa shape index (κ1) is 11.0. The average Bonchev–Trinajstić information content (AvgIpc) is 2.73. The van der Waals surface area contributed by atoms with Crippen molar-refractivity contribution in [2.24, 2.45) is 10.9 Å². The number of carbonyl (C=O) groups excluding carboxylic acids is 1. The minimum atomic E-state index is 0.178. The molecule has 0 bridgehead atoms. The third-order valence-electron chi connectivity index (χ3n) is 3.68. The summed E-state index contributed by atoms with van der Waals surface area (Å²) in [5.41, 5.74) is 0. The molecule has 5 heteroatoms. The van der Waals surface area contributed by atoms with Gasteiger partial charge in [0.1, 0.15) is 0 Å². The van der Waals surface area contributed by atoms with Crippen molar-refractivity contribution in [1.29, 1.82) is 0 Å². The van der Waals surface area contributed by atoms with Crippen molar-refractivity contribution >= 4 is 35.5 Å². The zero-order chi connectivity index (χ0) is 11.1. The summed E-state index contributed by atoms with van der Waals surface area (Å²) in [4.78, 5) is 19.0. The Morgan fingerprint density at radius 1 is 1.44 bits per heavy atom. The molecular formula is C11H16N2OS2. The smallest absolute Gasteiger partial charge is 0.233 e. The fourth-order valence-electron chi connectivity index (χ4n) is 2.81. The molecule has 1 saturated heterocycles. The molecule has 0 aromatic carbocycles. The second-order valence-corrected chi connectivity index (χ2v) is 6.37. The lowest BCUT2D eigenvalue weighted by Gasteiger charge is -2.35. The van der Waals surface area contributed by atoms with Crippen LogP contribution < -0.4 is 0 Å². The Labute approximate surface area is 105 Å².